The molecule has 2 aliphatic heterocycles. The van der Waals surface area contributed by atoms with Crippen LogP contribution in [0.2, 0.25) is 0 Å². The van der Waals surface area contributed by atoms with E-state index >= 15 is 0 Å². The van der Waals surface area contributed by atoms with Gasteiger partial charge in [0.05, 0.1) is 0 Å². The zero-order chi connectivity index (χ0) is 15.2. The van der Waals surface area contributed by atoms with E-state index in [0.29, 0.717) is 13.2 Å². The molecule has 3 aromatic rings. The normalized spacial score (nSPS) is 15.0. The molecule has 0 unspecified atom stereocenters. The zero-order valence-electron chi connectivity index (χ0n) is 12.5. The van der Waals surface area contributed by atoms with E-state index in [2.05, 4.69) is 52.9 Å². The Morgan fingerprint density at radius 1 is 0.783 bits per heavy atom. The van der Waals surface area contributed by atoms with E-state index < -0.39 is 0 Å². The molecule has 0 radical (unpaired) electrons. The molecule has 0 fully saturated rings. The van der Waals surface area contributed by atoms with Crippen molar-refractivity contribution < 1.29 is 9.47 Å². The van der Waals surface area contributed by atoms with E-state index in [1.54, 1.807) is 0 Å². The van der Waals surface area contributed by atoms with Gasteiger partial charge in [-0.3, -0.25) is 0 Å². The molecule has 5 heteroatoms. The van der Waals surface area contributed by atoms with Crippen LogP contribution in [0.25, 0.3) is 10.8 Å². The van der Waals surface area contributed by atoms with Crippen LogP contribution in [-0.2, 0) is 0 Å². The first-order valence-corrected chi connectivity index (χ1v) is 7.83. The van der Waals surface area contributed by atoms with Gasteiger partial charge < -0.3 is 19.9 Å². The van der Waals surface area contributed by atoms with Crippen LogP contribution in [0.4, 0.5) is 11.4 Å². The Balaban J connectivity index is 1.56. The second kappa shape index (κ2) is 4.85. The van der Waals surface area contributed by atoms with E-state index in [1.165, 1.54) is 10.8 Å². The van der Waals surface area contributed by atoms with E-state index in [1.807, 2.05) is 12.1 Å². The van der Waals surface area contributed by atoms with Crippen molar-refractivity contribution in [2.75, 3.05) is 23.7 Å². The minimum absolute atomic E-state index is 0.00586. The lowest BCUT2D eigenvalue weighted by molar-refractivity contribution is 0.172. The van der Waals surface area contributed by atoms with Crippen molar-refractivity contribution in [1.82, 2.24) is 0 Å². The summed E-state index contributed by atoms with van der Waals surface area (Å²) in [5, 5.41) is 9.63. The molecule has 112 valence electrons. The van der Waals surface area contributed by atoms with Crippen molar-refractivity contribution in [2.45, 2.75) is 0 Å². The maximum Gasteiger partial charge on any atom is 0.406 e. The number of hydrogen-bond donors (Lipinski definition) is 2. The fourth-order valence-corrected chi connectivity index (χ4v) is 3.33. The molecule has 0 bridgehead atoms. The van der Waals surface area contributed by atoms with Crippen LogP contribution in [0.1, 0.15) is 0 Å². The van der Waals surface area contributed by atoms with Crippen LogP contribution < -0.4 is 25.4 Å². The molecule has 0 amide bonds. The smallest absolute Gasteiger partial charge is 0.406 e. The minimum atomic E-state index is 0.00586. The molecule has 5 rings (SSSR count). The predicted molar refractivity (Wildman–Crippen MR) is 94.0 cm³/mol. The van der Waals surface area contributed by atoms with Gasteiger partial charge in [-0.15, -0.1) is 0 Å². The lowest BCUT2D eigenvalue weighted by atomic mass is 9.66. The number of nitrogens with one attached hydrogen (secondary N) is 2. The fraction of sp³-hybridized carbons (Fsp3) is 0.111. The molecular formula is C18H15BN2O2. The third-order valence-electron chi connectivity index (χ3n) is 4.40. The maximum atomic E-state index is 5.70. The van der Waals surface area contributed by atoms with Gasteiger partial charge in [0.1, 0.15) is 13.2 Å². The molecule has 3 aromatic carbocycles. The zero-order valence-corrected chi connectivity index (χ0v) is 12.5. The lowest BCUT2D eigenvalue weighted by Gasteiger charge is -2.27. The molecule has 0 saturated heterocycles. The summed E-state index contributed by atoms with van der Waals surface area (Å²) in [6.45, 7) is 1.22. The summed E-state index contributed by atoms with van der Waals surface area (Å²) in [4.78, 5) is 0. The molecule has 2 aliphatic rings. The van der Waals surface area contributed by atoms with Crippen molar-refractivity contribution in [2.24, 2.45) is 0 Å². The fourth-order valence-electron chi connectivity index (χ4n) is 3.33. The van der Waals surface area contributed by atoms with Gasteiger partial charge in [-0.1, -0.05) is 30.3 Å². The molecule has 0 atom stereocenters. The van der Waals surface area contributed by atoms with Crippen molar-refractivity contribution >= 4 is 34.6 Å². The topological polar surface area (TPSA) is 42.5 Å². The van der Waals surface area contributed by atoms with Gasteiger partial charge in [0.2, 0.25) is 0 Å². The van der Waals surface area contributed by atoms with Crippen molar-refractivity contribution in [3.8, 4) is 11.5 Å². The number of ether oxygens (including phenoxy) is 2. The van der Waals surface area contributed by atoms with Crippen LogP contribution in [0.5, 0.6) is 11.5 Å². The Labute approximate surface area is 134 Å². The number of rotatable bonds is 1. The molecule has 0 aliphatic carbocycles. The quantitative estimate of drug-likeness (QED) is 0.678. The molecular weight excluding hydrogens is 287 g/mol. The van der Waals surface area contributed by atoms with Crippen molar-refractivity contribution in [1.29, 1.82) is 0 Å². The predicted octanol–water partition coefficient (Wildman–Crippen LogP) is 2.84. The summed E-state index contributed by atoms with van der Waals surface area (Å²) in [6, 6.07) is 18.8. The average molecular weight is 302 g/mol. The first-order chi connectivity index (χ1) is 11.4. The summed E-state index contributed by atoms with van der Waals surface area (Å²) < 4.78 is 11.3. The first-order valence-electron chi connectivity index (χ1n) is 7.83. The molecule has 2 N–H and O–H groups in total. The monoisotopic (exact) mass is 302 g/mol. The number of hydrogen-bond acceptors (Lipinski definition) is 4. The van der Waals surface area contributed by atoms with Crippen LogP contribution in [0.15, 0.2) is 54.6 Å². The summed E-state index contributed by atoms with van der Waals surface area (Å²) >= 11 is 0. The number of benzene rings is 3. The second-order valence-electron chi connectivity index (χ2n) is 5.83. The Kier molecular flexibility index (Phi) is 2.68. The van der Waals surface area contributed by atoms with Gasteiger partial charge in [0, 0.05) is 16.8 Å². The summed E-state index contributed by atoms with van der Waals surface area (Å²) in [7, 11) is 0. The van der Waals surface area contributed by atoms with Gasteiger partial charge in [0.15, 0.2) is 11.5 Å². The molecule has 4 nitrogen and oxygen atoms in total. The Morgan fingerprint density at radius 3 is 2.22 bits per heavy atom. The van der Waals surface area contributed by atoms with Crippen LogP contribution in [0.3, 0.4) is 0 Å². The van der Waals surface area contributed by atoms with Crippen LogP contribution in [0, 0.1) is 0 Å². The minimum Gasteiger partial charge on any atom is -0.486 e. The van der Waals surface area contributed by atoms with Crippen LogP contribution >= 0.6 is 0 Å². The van der Waals surface area contributed by atoms with Gasteiger partial charge in [0.25, 0.3) is 0 Å². The molecule has 0 aromatic heterocycles. The van der Waals surface area contributed by atoms with Crippen molar-refractivity contribution in [3.63, 3.8) is 0 Å². The molecule has 0 saturated carbocycles. The SMILES string of the molecule is c1cc2c3c(cccc3c1)NB(c1ccc3c(c1)OCCO3)N2. The number of anilines is 2. The summed E-state index contributed by atoms with van der Waals surface area (Å²) in [6.07, 6.45) is 0. The van der Waals surface area contributed by atoms with Gasteiger partial charge in [-0.25, -0.2) is 0 Å². The van der Waals surface area contributed by atoms with Gasteiger partial charge in [-0.2, -0.15) is 0 Å². The summed E-state index contributed by atoms with van der Waals surface area (Å²) in [5.41, 5.74) is 3.43. The van der Waals surface area contributed by atoms with Crippen molar-refractivity contribution in [3.05, 3.63) is 54.6 Å². The maximum absolute atomic E-state index is 5.70. The Morgan fingerprint density at radius 2 is 1.48 bits per heavy atom. The highest BCUT2D eigenvalue weighted by Gasteiger charge is 2.26. The second-order valence-corrected chi connectivity index (χ2v) is 5.83. The molecule has 2 heterocycles. The van der Waals surface area contributed by atoms with Gasteiger partial charge in [-0.05, 0) is 35.1 Å². The highest BCUT2D eigenvalue weighted by Crippen LogP contribution is 2.34. The summed E-state index contributed by atoms with van der Waals surface area (Å²) in [5.74, 6) is 1.63. The van der Waals surface area contributed by atoms with E-state index in [-0.39, 0.29) is 6.98 Å². The lowest BCUT2D eigenvalue weighted by Crippen LogP contribution is -2.47. The average Bonchev–Trinajstić information content (AvgIpc) is 2.62. The van der Waals surface area contributed by atoms with Crippen LogP contribution in [-0.4, -0.2) is 20.2 Å². The third kappa shape index (κ3) is 2.00. The Hall–Kier alpha value is -2.82. The van der Waals surface area contributed by atoms with E-state index in [4.69, 9.17) is 9.47 Å². The first kappa shape index (κ1) is 12.7. The highest BCUT2D eigenvalue weighted by molar-refractivity contribution is 6.80. The van der Waals surface area contributed by atoms with Gasteiger partial charge >= 0.3 is 6.98 Å². The van der Waals surface area contributed by atoms with E-state index in [0.717, 1.165) is 28.3 Å². The number of fused-ring (bicyclic) bond motifs is 1. The Bertz CT molecular complexity index is 872. The third-order valence-corrected chi connectivity index (χ3v) is 4.40. The highest BCUT2D eigenvalue weighted by atomic mass is 16.6. The molecule has 23 heavy (non-hydrogen) atoms. The van der Waals surface area contributed by atoms with E-state index in [9.17, 15) is 0 Å². The standard InChI is InChI=1S/C18H15BN2O2/c1-3-12-4-2-6-15-18(12)14(5-1)20-19(21-15)13-7-8-16-17(11-13)23-10-9-22-16/h1-8,11,20-21H,9-10H2. The largest absolute Gasteiger partial charge is 0.486 e. The molecule has 0 spiro atoms.